The number of fused-ring (bicyclic) bond motifs is 1. The summed E-state index contributed by atoms with van der Waals surface area (Å²) in [5.41, 5.74) is -0.389. The molecule has 6 nitrogen and oxygen atoms in total. The molecule has 0 saturated carbocycles. The van der Waals surface area contributed by atoms with Crippen molar-refractivity contribution < 1.29 is 23.1 Å². The minimum atomic E-state index is -3.84. The first-order valence-corrected chi connectivity index (χ1v) is 7.66. The highest BCUT2D eigenvalue weighted by atomic mass is 79.9. The Kier molecular flexibility index (Phi) is 3.16. The van der Waals surface area contributed by atoms with Crippen molar-refractivity contribution in [2.75, 3.05) is 14.2 Å². The van der Waals surface area contributed by atoms with E-state index in [0.29, 0.717) is 3.79 Å². The predicted octanol–water partition coefficient (Wildman–Crippen LogP) is 1.54. The number of carbonyl (C=O) groups is 1. The zero-order valence-electron chi connectivity index (χ0n) is 9.30. The fourth-order valence-corrected chi connectivity index (χ4v) is 4.95. The van der Waals surface area contributed by atoms with E-state index in [1.54, 1.807) is 0 Å². The fourth-order valence-electron chi connectivity index (χ4n) is 1.55. The summed E-state index contributed by atoms with van der Waals surface area (Å²) in [7, 11) is -1.54. The average molecular weight is 354 g/mol. The minimum Gasteiger partial charge on any atom is -0.504 e. The Morgan fingerprint density at radius 1 is 1.56 bits per heavy atom. The molecule has 9 heteroatoms. The van der Waals surface area contributed by atoms with Gasteiger partial charge in [-0.05, 0) is 22.0 Å². The second-order valence-electron chi connectivity index (χ2n) is 3.41. The molecule has 2 heterocycles. The maximum atomic E-state index is 12.2. The van der Waals surface area contributed by atoms with Crippen molar-refractivity contribution in [3.05, 3.63) is 20.4 Å². The van der Waals surface area contributed by atoms with Crippen molar-refractivity contribution in [3.8, 4) is 0 Å². The number of rotatable bonds is 1. The lowest BCUT2D eigenvalue weighted by Gasteiger charge is -2.25. The third-order valence-corrected chi connectivity index (χ3v) is 5.99. The summed E-state index contributed by atoms with van der Waals surface area (Å²) in [6, 6.07) is 1.39. The van der Waals surface area contributed by atoms with Gasteiger partial charge in [0.25, 0.3) is 10.0 Å². The van der Waals surface area contributed by atoms with Gasteiger partial charge in [-0.1, -0.05) is 0 Å². The number of carbonyl (C=O) groups excluding carboxylic acids is 1. The Bertz CT molecular complexity index is 660. The molecule has 0 aromatic carbocycles. The number of thiophene rings is 1. The van der Waals surface area contributed by atoms with Crippen LogP contribution in [0.15, 0.2) is 20.4 Å². The van der Waals surface area contributed by atoms with Crippen LogP contribution >= 0.6 is 27.3 Å². The molecule has 1 aliphatic rings. The molecule has 0 spiro atoms. The molecular formula is C9H8BrNO5S2. The number of nitrogens with zero attached hydrogens (tertiary/aromatic N) is 1. The van der Waals surface area contributed by atoms with Gasteiger partial charge in [0.1, 0.15) is 4.90 Å². The summed E-state index contributed by atoms with van der Waals surface area (Å²) >= 11 is 4.18. The Labute approximate surface area is 116 Å². The first-order valence-electron chi connectivity index (χ1n) is 4.61. The highest BCUT2D eigenvalue weighted by Crippen LogP contribution is 2.41. The standard InChI is InChI=1S/C9H8BrNO5S2/c1-11-6(9(13)16-2)7(12)8-4(18(11,14)15)3-5(10)17-8/h3,12H,1-2H3. The summed E-state index contributed by atoms with van der Waals surface area (Å²) in [4.78, 5) is 11.6. The Morgan fingerprint density at radius 3 is 2.72 bits per heavy atom. The minimum absolute atomic E-state index is 0.0352. The summed E-state index contributed by atoms with van der Waals surface area (Å²) in [5, 5.41) is 10.0. The molecule has 1 aromatic heterocycles. The van der Waals surface area contributed by atoms with Crippen LogP contribution in [-0.2, 0) is 19.6 Å². The highest BCUT2D eigenvalue weighted by molar-refractivity contribution is 9.11. The van der Waals surface area contributed by atoms with Crippen molar-refractivity contribution in [2.45, 2.75) is 4.90 Å². The SMILES string of the molecule is COC(=O)C1=C(O)c2sc(Br)cc2S(=O)(=O)N1C. The molecule has 18 heavy (non-hydrogen) atoms. The van der Waals surface area contributed by atoms with Gasteiger partial charge in [0.15, 0.2) is 11.5 Å². The molecule has 0 atom stereocenters. The Hall–Kier alpha value is -1.06. The third-order valence-electron chi connectivity index (χ3n) is 2.44. The first kappa shape index (κ1) is 13.4. The molecule has 0 aliphatic carbocycles. The maximum Gasteiger partial charge on any atom is 0.359 e. The topological polar surface area (TPSA) is 83.9 Å². The molecule has 98 valence electrons. The van der Waals surface area contributed by atoms with Gasteiger partial charge >= 0.3 is 5.97 Å². The maximum absolute atomic E-state index is 12.2. The summed E-state index contributed by atoms with van der Waals surface area (Å²) in [6.45, 7) is 0. The lowest BCUT2D eigenvalue weighted by atomic mass is 10.3. The summed E-state index contributed by atoms with van der Waals surface area (Å²) in [5.74, 6) is -1.31. The van der Waals surface area contributed by atoms with Crippen molar-refractivity contribution in [3.63, 3.8) is 0 Å². The van der Waals surface area contributed by atoms with Gasteiger partial charge in [0.05, 0.1) is 15.8 Å². The van der Waals surface area contributed by atoms with Crippen molar-refractivity contribution in [1.29, 1.82) is 0 Å². The van der Waals surface area contributed by atoms with E-state index in [1.807, 2.05) is 0 Å². The van der Waals surface area contributed by atoms with Gasteiger partial charge in [-0.15, -0.1) is 11.3 Å². The normalized spacial score (nSPS) is 17.6. The smallest absolute Gasteiger partial charge is 0.359 e. The lowest BCUT2D eigenvalue weighted by Crippen LogP contribution is -2.34. The van der Waals surface area contributed by atoms with Gasteiger partial charge in [0, 0.05) is 7.05 Å². The molecule has 1 aliphatic heterocycles. The monoisotopic (exact) mass is 353 g/mol. The molecule has 1 aromatic rings. The predicted molar refractivity (Wildman–Crippen MR) is 68.5 cm³/mol. The molecule has 0 fully saturated rings. The molecular weight excluding hydrogens is 346 g/mol. The van der Waals surface area contributed by atoms with Crippen molar-refractivity contribution >= 4 is 49.0 Å². The number of likely N-dealkylation sites (N-methyl/N-ethyl adjacent to an activating group) is 1. The number of aliphatic hydroxyl groups is 1. The number of halogens is 1. The number of hydrogen-bond donors (Lipinski definition) is 1. The van der Waals surface area contributed by atoms with Crippen LogP contribution in [0.1, 0.15) is 4.88 Å². The summed E-state index contributed by atoms with van der Waals surface area (Å²) in [6.07, 6.45) is 0. The zero-order valence-corrected chi connectivity index (χ0v) is 12.5. The number of methoxy groups -OCH3 is 1. The van der Waals surface area contributed by atoms with Crippen LogP contribution in [0, 0.1) is 0 Å². The number of sulfonamides is 1. The van der Waals surface area contributed by atoms with Gasteiger partial charge < -0.3 is 9.84 Å². The number of hydrogen-bond acceptors (Lipinski definition) is 6. The molecule has 2 rings (SSSR count). The van der Waals surface area contributed by atoms with Crippen LogP contribution < -0.4 is 0 Å². The molecule has 0 amide bonds. The van der Waals surface area contributed by atoms with Crippen molar-refractivity contribution in [1.82, 2.24) is 4.31 Å². The number of aliphatic hydroxyl groups excluding tert-OH is 1. The molecule has 0 saturated heterocycles. The quantitative estimate of drug-likeness (QED) is 0.774. The number of esters is 1. The van der Waals surface area contributed by atoms with Crippen LogP contribution in [0.2, 0.25) is 0 Å². The Morgan fingerprint density at radius 2 is 2.17 bits per heavy atom. The average Bonchev–Trinajstić information content (AvgIpc) is 2.70. The third kappa shape index (κ3) is 1.73. The second-order valence-corrected chi connectivity index (χ2v) is 7.77. The summed E-state index contributed by atoms with van der Waals surface area (Å²) < 4.78 is 30.0. The fraction of sp³-hybridized carbons (Fsp3) is 0.222. The van der Waals surface area contributed by atoms with Crippen LogP contribution in [0.3, 0.4) is 0 Å². The van der Waals surface area contributed by atoms with Gasteiger partial charge in [-0.25, -0.2) is 13.2 Å². The van der Waals surface area contributed by atoms with E-state index in [2.05, 4.69) is 20.7 Å². The van der Waals surface area contributed by atoms with Crippen LogP contribution in [0.5, 0.6) is 0 Å². The zero-order chi connectivity index (χ0) is 13.7. The largest absolute Gasteiger partial charge is 0.504 e. The molecule has 0 unspecified atom stereocenters. The van der Waals surface area contributed by atoms with Crippen molar-refractivity contribution in [2.24, 2.45) is 0 Å². The van der Waals surface area contributed by atoms with Crippen LogP contribution in [0.25, 0.3) is 5.76 Å². The van der Waals surface area contributed by atoms with E-state index in [-0.39, 0.29) is 15.5 Å². The van der Waals surface area contributed by atoms with E-state index in [9.17, 15) is 18.3 Å². The number of ether oxygens (including phenoxy) is 1. The van der Waals surface area contributed by atoms with E-state index in [4.69, 9.17) is 0 Å². The van der Waals surface area contributed by atoms with Gasteiger partial charge in [-0.2, -0.15) is 0 Å². The first-order chi connectivity index (χ1) is 8.30. The Balaban J connectivity index is 2.80. The molecule has 0 bridgehead atoms. The van der Waals surface area contributed by atoms with Crippen LogP contribution in [-0.4, -0.2) is 38.0 Å². The van der Waals surface area contributed by atoms with E-state index >= 15 is 0 Å². The van der Waals surface area contributed by atoms with Gasteiger partial charge in [-0.3, -0.25) is 4.31 Å². The highest BCUT2D eigenvalue weighted by Gasteiger charge is 2.40. The van der Waals surface area contributed by atoms with E-state index in [0.717, 1.165) is 22.8 Å². The van der Waals surface area contributed by atoms with E-state index < -0.39 is 21.8 Å². The van der Waals surface area contributed by atoms with Crippen LogP contribution in [0.4, 0.5) is 0 Å². The molecule has 0 radical (unpaired) electrons. The van der Waals surface area contributed by atoms with Gasteiger partial charge in [0.2, 0.25) is 0 Å². The lowest BCUT2D eigenvalue weighted by molar-refractivity contribution is -0.137. The second kappa shape index (κ2) is 4.25. The van der Waals surface area contributed by atoms with E-state index in [1.165, 1.54) is 13.1 Å². The molecule has 1 N–H and O–H groups in total.